The van der Waals surface area contributed by atoms with Crippen molar-refractivity contribution in [3.63, 3.8) is 0 Å². The Kier molecular flexibility index (Phi) is 6.29. The Morgan fingerprint density at radius 3 is 2.48 bits per heavy atom. The van der Waals surface area contributed by atoms with Crippen LogP contribution in [0.4, 0.5) is 25.0 Å². The second-order valence-electron chi connectivity index (χ2n) is 8.54. The van der Waals surface area contributed by atoms with Crippen molar-refractivity contribution in [3.05, 3.63) is 23.8 Å². The van der Waals surface area contributed by atoms with E-state index in [-0.39, 0.29) is 30.4 Å². The van der Waals surface area contributed by atoms with Gasteiger partial charge in [-0.2, -0.15) is 0 Å². The van der Waals surface area contributed by atoms with Gasteiger partial charge in [-0.1, -0.05) is 0 Å². The summed E-state index contributed by atoms with van der Waals surface area (Å²) in [5.41, 5.74) is 0.0455. The first kappa shape index (κ1) is 21.8. The molecule has 4 rings (SSSR count). The minimum atomic E-state index is -0.702. The molecule has 3 fully saturated rings. The number of carbonyl (C=O) groups is 2. The number of anilines is 2. The Bertz CT molecular complexity index is 827. The average Bonchev–Trinajstić information content (AvgIpc) is 3.47. The Labute approximate surface area is 180 Å². The Morgan fingerprint density at radius 2 is 1.84 bits per heavy atom. The molecule has 2 saturated heterocycles. The van der Waals surface area contributed by atoms with Crippen LogP contribution in [0.2, 0.25) is 0 Å². The van der Waals surface area contributed by atoms with E-state index in [1.165, 1.54) is 36.8 Å². The lowest BCUT2D eigenvalue weighted by Crippen LogP contribution is -2.41. The second-order valence-corrected chi connectivity index (χ2v) is 8.54. The van der Waals surface area contributed by atoms with Gasteiger partial charge in [0.2, 0.25) is 5.91 Å². The van der Waals surface area contributed by atoms with Crippen molar-refractivity contribution in [2.45, 2.75) is 25.9 Å². The molecular formula is C21H29F2N5O3. The van der Waals surface area contributed by atoms with Gasteiger partial charge < -0.3 is 15.0 Å². The van der Waals surface area contributed by atoms with Crippen LogP contribution in [-0.2, 0) is 9.53 Å². The number of cyclic esters (lactones) is 1. The van der Waals surface area contributed by atoms with E-state index < -0.39 is 23.8 Å². The highest BCUT2D eigenvalue weighted by molar-refractivity contribution is 5.90. The molecule has 8 nitrogen and oxygen atoms in total. The molecule has 2 amide bonds. The number of amides is 2. The zero-order valence-electron chi connectivity index (χ0n) is 17.9. The van der Waals surface area contributed by atoms with Crippen LogP contribution in [0.5, 0.6) is 0 Å². The fourth-order valence-electron chi connectivity index (χ4n) is 4.08. The monoisotopic (exact) mass is 437 g/mol. The number of hydrazine groups is 1. The van der Waals surface area contributed by atoms with E-state index in [0.717, 1.165) is 12.5 Å². The third-order valence-electron chi connectivity index (χ3n) is 6.05. The van der Waals surface area contributed by atoms with Crippen LogP contribution in [0, 0.1) is 17.6 Å². The number of nitrogens with zero attached hydrogens (tertiary/aromatic N) is 4. The Balaban J connectivity index is 1.46. The molecule has 0 spiro atoms. The Hall–Kier alpha value is -2.46. The van der Waals surface area contributed by atoms with Crippen molar-refractivity contribution >= 4 is 23.4 Å². The zero-order chi connectivity index (χ0) is 22.1. The number of likely N-dealkylation sites (N-methyl/N-ethyl adjacent to an activating group) is 1. The fraction of sp³-hybridized carbons (Fsp3) is 0.619. The molecule has 1 aliphatic carbocycles. The number of benzene rings is 1. The SMILES string of the molecule is CC(=O)NC[C@H]1CN(c2cc(F)c(N3CCN(C)N(CC4CC4)CC3)c(F)c2)C(=O)O1. The number of hydrogen-bond acceptors (Lipinski definition) is 6. The molecule has 1 atom stereocenters. The quantitative estimate of drug-likeness (QED) is 0.732. The third-order valence-corrected chi connectivity index (χ3v) is 6.05. The van der Waals surface area contributed by atoms with Crippen molar-refractivity contribution in [1.82, 2.24) is 15.3 Å². The van der Waals surface area contributed by atoms with Crippen LogP contribution in [0.25, 0.3) is 0 Å². The first-order valence-electron chi connectivity index (χ1n) is 10.7. The van der Waals surface area contributed by atoms with Crippen LogP contribution in [0.3, 0.4) is 0 Å². The lowest BCUT2D eigenvalue weighted by atomic mass is 10.2. The van der Waals surface area contributed by atoms with E-state index in [1.807, 2.05) is 7.05 Å². The van der Waals surface area contributed by atoms with Crippen molar-refractivity contribution in [1.29, 1.82) is 0 Å². The molecule has 0 aromatic heterocycles. The molecule has 2 heterocycles. The van der Waals surface area contributed by atoms with Crippen molar-refractivity contribution in [3.8, 4) is 0 Å². The van der Waals surface area contributed by atoms with Gasteiger partial charge in [-0.15, -0.1) is 0 Å². The summed E-state index contributed by atoms with van der Waals surface area (Å²) in [6, 6.07) is 2.36. The maximum atomic E-state index is 15.0. The van der Waals surface area contributed by atoms with Gasteiger partial charge in [0.05, 0.1) is 18.8 Å². The minimum Gasteiger partial charge on any atom is -0.442 e. The first-order valence-corrected chi connectivity index (χ1v) is 10.7. The lowest BCUT2D eigenvalue weighted by Gasteiger charge is -2.29. The van der Waals surface area contributed by atoms with Gasteiger partial charge in [-0.25, -0.2) is 23.6 Å². The molecule has 0 bridgehead atoms. The molecule has 1 aromatic carbocycles. The smallest absolute Gasteiger partial charge is 0.414 e. The van der Waals surface area contributed by atoms with Gasteiger partial charge in [0.15, 0.2) is 11.6 Å². The van der Waals surface area contributed by atoms with E-state index in [1.54, 1.807) is 4.90 Å². The number of halogens is 2. The van der Waals surface area contributed by atoms with Crippen LogP contribution in [0.15, 0.2) is 12.1 Å². The molecule has 31 heavy (non-hydrogen) atoms. The van der Waals surface area contributed by atoms with E-state index in [4.69, 9.17) is 4.74 Å². The largest absolute Gasteiger partial charge is 0.442 e. The molecule has 10 heteroatoms. The van der Waals surface area contributed by atoms with E-state index in [2.05, 4.69) is 15.3 Å². The maximum absolute atomic E-state index is 15.0. The van der Waals surface area contributed by atoms with Gasteiger partial charge >= 0.3 is 6.09 Å². The number of carbonyl (C=O) groups excluding carboxylic acids is 2. The van der Waals surface area contributed by atoms with Crippen molar-refractivity contribution < 1.29 is 23.1 Å². The molecular weight excluding hydrogens is 408 g/mol. The summed E-state index contributed by atoms with van der Waals surface area (Å²) in [6.45, 7) is 5.04. The summed E-state index contributed by atoms with van der Waals surface area (Å²) in [7, 11) is 2.01. The average molecular weight is 437 g/mol. The van der Waals surface area contributed by atoms with Crippen molar-refractivity contribution in [2.75, 3.05) is 62.7 Å². The highest BCUT2D eigenvalue weighted by Gasteiger charge is 2.34. The first-order chi connectivity index (χ1) is 14.8. The number of rotatable bonds is 6. The summed E-state index contributed by atoms with van der Waals surface area (Å²) in [6.07, 6.45) is 1.25. The van der Waals surface area contributed by atoms with Gasteiger partial charge in [-0.05, 0) is 18.8 Å². The van der Waals surface area contributed by atoms with Gasteiger partial charge in [0.1, 0.15) is 11.8 Å². The fourth-order valence-corrected chi connectivity index (χ4v) is 4.08. The molecule has 1 saturated carbocycles. The predicted octanol–water partition coefficient (Wildman–Crippen LogP) is 1.80. The topological polar surface area (TPSA) is 68.4 Å². The summed E-state index contributed by atoms with van der Waals surface area (Å²) in [5, 5.41) is 6.98. The maximum Gasteiger partial charge on any atom is 0.414 e. The highest BCUT2D eigenvalue weighted by atomic mass is 19.1. The van der Waals surface area contributed by atoms with Gasteiger partial charge in [0.25, 0.3) is 0 Å². The Morgan fingerprint density at radius 1 is 1.16 bits per heavy atom. The normalized spacial score (nSPS) is 23.1. The van der Waals surface area contributed by atoms with E-state index in [0.29, 0.717) is 26.2 Å². The standard InChI is InChI=1S/C21H29F2N5O3/c1-14(29)24-11-17-13-28(21(30)31-17)16-9-18(22)20(19(23)10-16)26-6-5-25(2)27(8-7-26)12-15-3-4-15/h9-10,15,17H,3-8,11-13H2,1-2H3,(H,24,29)/t17-/m0/s1. The van der Waals surface area contributed by atoms with Crippen LogP contribution in [-0.4, -0.2) is 81.0 Å². The molecule has 170 valence electrons. The van der Waals surface area contributed by atoms with E-state index >= 15 is 8.78 Å². The minimum absolute atomic E-state index is 0.0622. The van der Waals surface area contributed by atoms with Crippen LogP contribution < -0.4 is 15.1 Å². The van der Waals surface area contributed by atoms with Crippen LogP contribution in [0.1, 0.15) is 19.8 Å². The van der Waals surface area contributed by atoms with Gasteiger partial charge in [0, 0.05) is 58.8 Å². The highest BCUT2D eigenvalue weighted by Crippen LogP contribution is 2.33. The molecule has 1 aromatic rings. The third kappa shape index (κ3) is 5.07. The number of ether oxygens (including phenoxy) is 1. The van der Waals surface area contributed by atoms with Crippen molar-refractivity contribution in [2.24, 2.45) is 5.92 Å². The summed E-state index contributed by atoms with van der Waals surface area (Å²) < 4.78 is 35.2. The molecule has 0 radical (unpaired) electrons. The predicted molar refractivity (Wildman–Crippen MR) is 112 cm³/mol. The lowest BCUT2D eigenvalue weighted by molar-refractivity contribution is -0.119. The van der Waals surface area contributed by atoms with Crippen LogP contribution >= 0.6 is 0 Å². The molecule has 3 aliphatic rings. The van der Waals surface area contributed by atoms with E-state index in [9.17, 15) is 9.59 Å². The molecule has 0 unspecified atom stereocenters. The number of hydrogen-bond donors (Lipinski definition) is 1. The molecule has 2 aliphatic heterocycles. The summed E-state index contributed by atoms with van der Waals surface area (Å²) in [4.78, 5) is 26.2. The molecule has 1 N–H and O–H groups in total. The summed E-state index contributed by atoms with van der Waals surface area (Å²) >= 11 is 0. The number of nitrogens with one attached hydrogen (secondary N) is 1. The second kappa shape index (κ2) is 8.96. The summed E-state index contributed by atoms with van der Waals surface area (Å²) in [5.74, 6) is -0.913. The van der Waals surface area contributed by atoms with Gasteiger partial charge in [-0.3, -0.25) is 9.69 Å². The zero-order valence-corrected chi connectivity index (χ0v) is 17.9.